The van der Waals surface area contributed by atoms with Gasteiger partial charge in [0, 0.05) is 34.3 Å². The summed E-state index contributed by atoms with van der Waals surface area (Å²) in [6.45, 7) is 0. The SMILES string of the molecule is C1=CC2c3ccccc3C3(c4ccccc4Oc4ccccc43)C2C=C1Nc1ccccc1. The smallest absolute Gasteiger partial charge is 0.131 e. The molecule has 2 atom stereocenters. The molecule has 4 aromatic rings. The van der Waals surface area contributed by atoms with Crippen molar-refractivity contribution >= 4 is 5.69 Å². The van der Waals surface area contributed by atoms with Crippen LogP contribution in [0.4, 0.5) is 5.69 Å². The van der Waals surface area contributed by atoms with E-state index in [0.717, 1.165) is 22.9 Å². The zero-order chi connectivity index (χ0) is 21.8. The second kappa shape index (κ2) is 6.98. The fraction of sp³-hybridized carbons (Fsp3) is 0.0968. The Morgan fingerprint density at radius 2 is 1.24 bits per heavy atom. The third-order valence-electron chi connectivity index (χ3n) is 7.38. The molecule has 0 bridgehead atoms. The van der Waals surface area contributed by atoms with Crippen LogP contribution in [-0.2, 0) is 5.41 Å². The normalized spacial score (nSPS) is 20.7. The zero-order valence-electron chi connectivity index (χ0n) is 18.1. The number of rotatable bonds is 2. The van der Waals surface area contributed by atoms with E-state index in [9.17, 15) is 0 Å². The molecule has 2 aliphatic carbocycles. The van der Waals surface area contributed by atoms with Gasteiger partial charge < -0.3 is 10.1 Å². The summed E-state index contributed by atoms with van der Waals surface area (Å²) in [4.78, 5) is 0. The number of hydrogen-bond donors (Lipinski definition) is 1. The minimum atomic E-state index is -0.304. The van der Waals surface area contributed by atoms with E-state index in [2.05, 4.69) is 121 Å². The van der Waals surface area contributed by atoms with E-state index in [1.54, 1.807) is 0 Å². The summed E-state index contributed by atoms with van der Waals surface area (Å²) in [7, 11) is 0. The molecule has 2 heteroatoms. The third-order valence-corrected chi connectivity index (χ3v) is 7.38. The van der Waals surface area contributed by atoms with Gasteiger partial charge in [0.15, 0.2) is 0 Å². The maximum Gasteiger partial charge on any atom is 0.131 e. The van der Waals surface area contributed by atoms with Crippen LogP contribution in [-0.4, -0.2) is 0 Å². The number of para-hydroxylation sites is 3. The zero-order valence-corrected chi connectivity index (χ0v) is 18.1. The number of nitrogens with one attached hydrogen (secondary N) is 1. The van der Waals surface area contributed by atoms with E-state index in [1.165, 1.54) is 22.3 Å². The van der Waals surface area contributed by atoms with Crippen LogP contribution in [0.1, 0.15) is 28.2 Å². The largest absolute Gasteiger partial charge is 0.457 e. The Morgan fingerprint density at radius 3 is 1.97 bits per heavy atom. The fourth-order valence-electron chi connectivity index (χ4n) is 6.14. The number of benzene rings is 4. The lowest BCUT2D eigenvalue weighted by Gasteiger charge is -2.43. The Morgan fingerprint density at radius 1 is 0.636 bits per heavy atom. The first-order valence-electron chi connectivity index (χ1n) is 11.5. The van der Waals surface area contributed by atoms with Gasteiger partial charge in [0.2, 0.25) is 0 Å². The highest BCUT2D eigenvalue weighted by Crippen LogP contribution is 2.64. The lowest BCUT2D eigenvalue weighted by molar-refractivity contribution is 0.373. The van der Waals surface area contributed by atoms with Gasteiger partial charge in [-0.1, -0.05) is 91.0 Å². The van der Waals surface area contributed by atoms with Crippen LogP contribution >= 0.6 is 0 Å². The van der Waals surface area contributed by atoms with Gasteiger partial charge in [-0.25, -0.2) is 0 Å². The van der Waals surface area contributed by atoms with E-state index < -0.39 is 0 Å². The molecule has 0 radical (unpaired) electrons. The number of fused-ring (bicyclic) bond motifs is 9. The summed E-state index contributed by atoms with van der Waals surface area (Å²) in [6.07, 6.45) is 7.06. The standard InChI is InChI=1S/C31H23NO/c1-2-10-21(11-3-1)32-22-18-19-24-23-12-4-5-13-25(23)31(28(24)20-22)26-14-6-8-16-29(26)33-30-17-9-7-15-27(30)31/h1-20,24,28,32H. The summed E-state index contributed by atoms with van der Waals surface area (Å²) < 4.78 is 6.43. The highest BCUT2D eigenvalue weighted by Gasteiger charge is 2.56. The summed E-state index contributed by atoms with van der Waals surface area (Å²) in [5, 5.41) is 3.63. The summed E-state index contributed by atoms with van der Waals surface area (Å²) in [5.74, 6) is 2.44. The molecule has 1 N–H and O–H groups in total. The van der Waals surface area contributed by atoms with Gasteiger partial charge in [0.1, 0.15) is 11.5 Å². The van der Waals surface area contributed by atoms with Gasteiger partial charge in [0.25, 0.3) is 0 Å². The molecule has 0 fully saturated rings. The van der Waals surface area contributed by atoms with Crippen LogP contribution in [0.5, 0.6) is 11.5 Å². The molecule has 1 aliphatic heterocycles. The predicted octanol–water partition coefficient (Wildman–Crippen LogP) is 7.41. The van der Waals surface area contributed by atoms with Crippen LogP contribution in [0.15, 0.2) is 127 Å². The predicted molar refractivity (Wildman–Crippen MR) is 133 cm³/mol. The average molecular weight is 426 g/mol. The van der Waals surface area contributed by atoms with E-state index in [4.69, 9.17) is 4.74 Å². The highest BCUT2D eigenvalue weighted by atomic mass is 16.5. The lowest BCUT2D eigenvalue weighted by Crippen LogP contribution is -2.38. The molecular weight excluding hydrogens is 402 g/mol. The van der Waals surface area contributed by atoms with Crippen molar-refractivity contribution in [2.45, 2.75) is 11.3 Å². The molecule has 2 unspecified atom stereocenters. The molecule has 33 heavy (non-hydrogen) atoms. The first-order valence-corrected chi connectivity index (χ1v) is 11.5. The molecule has 0 aromatic heterocycles. The maximum atomic E-state index is 6.43. The first-order chi connectivity index (χ1) is 16.4. The Balaban J connectivity index is 1.50. The number of ether oxygens (including phenoxy) is 1. The Kier molecular flexibility index (Phi) is 3.92. The van der Waals surface area contributed by atoms with Gasteiger partial charge in [-0.05, 0) is 41.5 Å². The molecule has 1 heterocycles. The van der Waals surface area contributed by atoms with Crippen molar-refractivity contribution in [3.05, 3.63) is 149 Å². The molecule has 0 amide bonds. The van der Waals surface area contributed by atoms with Crippen molar-refractivity contribution in [2.24, 2.45) is 5.92 Å². The molecule has 4 aromatic carbocycles. The van der Waals surface area contributed by atoms with Crippen molar-refractivity contribution in [1.82, 2.24) is 0 Å². The van der Waals surface area contributed by atoms with E-state index in [-0.39, 0.29) is 11.3 Å². The van der Waals surface area contributed by atoms with Crippen LogP contribution < -0.4 is 10.1 Å². The number of allylic oxidation sites excluding steroid dienone is 3. The van der Waals surface area contributed by atoms with Crippen LogP contribution in [0, 0.1) is 5.92 Å². The fourth-order valence-corrected chi connectivity index (χ4v) is 6.14. The molecule has 0 saturated heterocycles. The molecule has 158 valence electrons. The molecule has 2 nitrogen and oxygen atoms in total. The Labute approximate surface area is 193 Å². The molecule has 3 aliphatic rings. The highest BCUT2D eigenvalue weighted by molar-refractivity contribution is 5.70. The summed E-state index contributed by atoms with van der Waals surface area (Å²) in [5.41, 5.74) is 7.20. The average Bonchev–Trinajstić information content (AvgIpc) is 3.15. The second-order valence-corrected chi connectivity index (χ2v) is 9.01. The quantitative estimate of drug-likeness (QED) is 0.361. The number of anilines is 1. The number of hydrogen-bond acceptors (Lipinski definition) is 2. The van der Waals surface area contributed by atoms with E-state index in [1.807, 2.05) is 6.07 Å². The van der Waals surface area contributed by atoms with Crippen molar-refractivity contribution in [2.75, 3.05) is 5.32 Å². The van der Waals surface area contributed by atoms with E-state index >= 15 is 0 Å². The third kappa shape index (κ3) is 2.55. The molecule has 0 saturated carbocycles. The van der Waals surface area contributed by atoms with Gasteiger partial charge in [-0.15, -0.1) is 0 Å². The monoisotopic (exact) mass is 425 g/mol. The van der Waals surface area contributed by atoms with Gasteiger partial charge in [0.05, 0.1) is 5.41 Å². The van der Waals surface area contributed by atoms with Crippen LogP contribution in [0.3, 0.4) is 0 Å². The van der Waals surface area contributed by atoms with Gasteiger partial charge in [-0.2, -0.15) is 0 Å². The summed E-state index contributed by atoms with van der Waals surface area (Å²) >= 11 is 0. The molecule has 1 spiro atoms. The van der Waals surface area contributed by atoms with Crippen LogP contribution in [0.2, 0.25) is 0 Å². The first kappa shape index (κ1) is 18.5. The van der Waals surface area contributed by atoms with Crippen LogP contribution in [0.25, 0.3) is 0 Å². The topological polar surface area (TPSA) is 21.3 Å². The summed E-state index contributed by atoms with van der Waals surface area (Å²) in [6, 6.07) is 36.5. The van der Waals surface area contributed by atoms with Crippen molar-refractivity contribution < 1.29 is 4.74 Å². The minimum absolute atomic E-state index is 0.234. The Bertz CT molecular complexity index is 1390. The molecular formula is C31H23NO. The maximum absolute atomic E-state index is 6.43. The van der Waals surface area contributed by atoms with Gasteiger partial charge >= 0.3 is 0 Å². The second-order valence-electron chi connectivity index (χ2n) is 9.01. The van der Waals surface area contributed by atoms with Crippen molar-refractivity contribution in [1.29, 1.82) is 0 Å². The molecule has 7 rings (SSSR count). The van der Waals surface area contributed by atoms with Crippen molar-refractivity contribution in [3.8, 4) is 11.5 Å². The van der Waals surface area contributed by atoms with Gasteiger partial charge in [-0.3, -0.25) is 0 Å². The lowest BCUT2D eigenvalue weighted by atomic mass is 9.61. The Hall–Kier alpha value is -4.04. The van der Waals surface area contributed by atoms with E-state index in [0.29, 0.717) is 5.92 Å². The minimum Gasteiger partial charge on any atom is -0.457 e. The van der Waals surface area contributed by atoms with Crippen molar-refractivity contribution in [3.63, 3.8) is 0 Å².